The Bertz CT molecular complexity index is 992. The van der Waals surface area contributed by atoms with Crippen LogP contribution in [0, 0.1) is 0 Å². The molecular formula is C25H35N7O4. The van der Waals surface area contributed by atoms with Gasteiger partial charge in [0.15, 0.2) is 0 Å². The van der Waals surface area contributed by atoms with Gasteiger partial charge in [-0.25, -0.2) is 9.80 Å². The van der Waals surface area contributed by atoms with Gasteiger partial charge in [0.1, 0.15) is 5.69 Å². The average Bonchev–Trinajstić information content (AvgIpc) is 2.91. The summed E-state index contributed by atoms with van der Waals surface area (Å²) in [7, 11) is 0. The van der Waals surface area contributed by atoms with Gasteiger partial charge in [0.2, 0.25) is 0 Å². The van der Waals surface area contributed by atoms with E-state index >= 15 is 0 Å². The number of rotatable bonds is 9. The number of urea groups is 1. The minimum atomic E-state index is -0.341. The van der Waals surface area contributed by atoms with Gasteiger partial charge in [-0.1, -0.05) is 18.2 Å². The first kappa shape index (κ1) is 25.8. The number of nitrogens with one attached hydrogen (secondary N) is 2. The van der Waals surface area contributed by atoms with Crippen LogP contribution in [0.2, 0.25) is 0 Å². The summed E-state index contributed by atoms with van der Waals surface area (Å²) in [4.78, 5) is 34.2. The van der Waals surface area contributed by atoms with Crippen molar-refractivity contribution in [1.82, 2.24) is 25.2 Å². The lowest BCUT2D eigenvalue weighted by Crippen LogP contribution is -2.53. The Kier molecular flexibility index (Phi) is 9.45. The number of para-hydroxylation sites is 2. The van der Waals surface area contributed by atoms with Gasteiger partial charge in [0.05, 0.1) is 37.8 Å². The highest BCUT2D eigenvalue weighted by Crippen LogP contribution is 2.17. The lowest BCUT2D eigenvalue weighted by Gasteiger charge is -2.31. The van der Waals surface area contributed by atoms with E-state index in [1.54, 1.807) is 41.4 Å². The Morgan fingerprint density at radius 2 is 1.72 bits per heavy atom. The molecule has 11 nitrogen and oxygen atoms in total. The molecule has 2 aromatic rings. The molecule has 4 N–H and O–H groups in total. The van der Waals surface area contributed by atoms with Crippen molar-refractivity contribution in [1.29, 1.82) is 0 Å². The molecule has 0 bridgehead atoms. The predicted octanol–water partition coefficient (Wildman–Crippen LogP) is 1.40. The molecule has 0 saturated carbocycles. The zero-order valence-electron chi connectivity index (χ0n) is 20.5. The maximum atomic E-state index is 13.1. The second-order valence-electron chi connectivity index (χ2n) is 8.84. The zero-order valence-corrected chi connectivity index (χ0v) is 20.5. The molecule has 36 heavy (non-hydrogen) atoms. The molecular weight excluding hydrogens is 462 g/mol. The quantitative estimate of drug-likeness (QED) is 0.444. The van der Waals surface area contributed by atoms with Crippen LogP contribution in [0.4, 0.5) is 16.2 Å². The second kappa shape index (κ2) is 13.2. The molecule has 2 saturated heterocycles. The van der Waals surface area contributed by atoms with E-state index in [0.29, 0.717) is 50.8 Å². The van der Waals surface area contributed by atoms with Gasteiger partial charge in [0.25, 0.3) is 5.91 Å². The van der Waals surface area contributed by atoms with Gasteiger partial charge in [-0.3, -0.25) is 20.1 Å². The molecule has 1 aromatic heterocycles. The maximum absolute atomic E-state index is 13.1. The molecule has 0 radical (unpaired) electrons. The molecule has 4 rings (SSSR count). The van der Waals surface area contributed by atoms with Crippen LogP contribution in [-0.4, -0.2) is 97.4 Å². The number of amides is 3. The Hall–Kier alpha value is -3.25. The molecule has 2 aliphatic rings. The van der Waals surface area contributed by atoms with Crippen LogP contribution >= 0.6 is 0 Å². The number of nitrogens with zero attached hydrogens (tertiary/aromatic N) is 4. The summed E-state index contributed by atoms with van der Waals surface area (Å²) in [5.74, 6) is -0.341. The number of hydrogen-bond acceptors (Lipinski definition) is 8. The number of nitrogens with two attached hydrogens (primary N) is 1. The number of ether oxygens (including phenoxy) is 2. The minimum absolute atomic E-state index is 0.153. The maximum Gasteiger partial charge on any atom is 0.332 e. The van der Waals surface area contributed by atoms with Crippen LogP contribution in [-0.2, 0) is 16.0 Å². The first-order valence-electron chi connectivity index (χ1n) is 12.4. The van der Waals surface area contributed by atoms with Crippen molar-refractivity contribution < 1.29 is 19.1 Å². The molecule has 0 aliphatic carbocycles. The topological polar surface area (TPSA) is 125 Å². The van der Waals surface area contributed by atoms with Gasteiger partial charge in [-0.2, -0.15) is 0 Å². The van der Waals surface area contributed by atoms with Gasteiger partial charge in [-0.15, -0.1) is 0 Å². The van der Waals surface area contributed by atoms with E-state index in [2.05, 4.69) is 20.6 Å². The van der Waals surface area contributed by atoms with E-state index in [1.165, 1.54) is 0 Å². The Morgan fingerprint density at radius 1 is 1.00 bits per heavy atom. The monoisotopic (exact) mass is 497 g/mol. The van der Waals surface area contributed by atoms with Crippen LogP contribution in [0.3, 0.4) is 0 Å². The highest BCUT2D eigenvalue weighted by atomic mass is 16.5. The number of carbonyl (C=O) groups excluding carboxylic acids is 2. The van der Waals surface area contributed by atoms with Gasteiger partial charge in [0, 0.05) is 52.0 Å². The largest absolute Gasteiger partial charge is 0.397 e. The predicted molar refractivity (Wildman–Crippen MR) is 136 cm³/mol. The second-order valence-corrected chi connectivity index (χ2v) is 8.84. The van der Waals surface area contributed by atoms with Gasteiger partial charge < -0.3 is 25.4 Å². The van der Waals surface area contributed by atoms with E-state index in [9.17, 15) is 9.59 Å². The van der Waals surface area contributed by atoms with E-state index < -0.39 is 0 Å². The molecule has 2 aliphatic heterocycles. The summed E-state index contributed by atoms with van der Waals surface area (Å²) in [6.07, 6.45) is 2.49. The van der Waals surface area contributed by atoms with Crippen LogP contribution < -0.4 is 16.5 Å². The normalized spacial score (nSPS) is 16.9. The number of anilines is 2. The number of morpholine rings is 2. The summed E-state index contributed by atoms with van der Waals surface area (Å²) in [6, 6.07) is 10.4. The van der Waals surface area contributed by atoms with Gasteiger partial charge in [-0.05, 0) is 30.2 Å². The Labute approximate surface area is 211 Å². The number of nitrogen functional groups attached to an aromatic ring is 1. The number of carbonyl (C=O) groups is 2. The Morgan fingerprint density at radius 3 is 2.42 bits per heavy atom. The molecule has 194 valence electrons. The molecule has 1 aromatic carbocycles. The highest BCUT2D eigenvalue weighted by molar-refractivity contribution is 6.04. The van der Waals surface area contributed by atoms with Crippen LogP contribution in [0.15, 0.2) is 42.6 Å². The van der Waals surface area contributed by atoms with Crippen molar-refractivity contribution in [2.75, 3.05) is 76.7 Å². The molecule has 0 spiro atoms. The number of hydrazine groups is 1. The van der Waals surface area contributed by atoms with Crippen molar-refractivity contribution in [3.63, 3.8) is 0 Å². The lowest BCUT2D eigenvalue weighted by atomic mass is 10.2. The fraction of sp³-hybridized carbons (Fsp3) is 0.480. The average molecular weight is 498 g/mol. The number of benzene rings is 1. The van der Waals surface area contributed by atoms with E-state index in [0.717, 1.165) is 44.8 Å². The van der Waals surface area contributed by atoms with Crippen molar-refractivity contribution >= 4 is 23.3 Å². The van der Waals surface area contributed by atoms with E-state index in [1.807, 2.05) is 11.1 Å². The smallest absolute Gasteiger partial charge is 0.332 e. The number of aromatic nitrogens is 1. The van der Waals surface area contributed by atoms with Gasteiger partial charge >= 0.3 is 6.03 Å². The molecule has 0 unspecified atom stereocenters. The summed E-state index contributed by atoms with van der Waals surface area (Å²) in [5.41, 5.74) is 11.1. The van der Waals surface area contributed by atoms with E-state index in [4.69, 9.17) is 15.2 Å². The third-order valence-corrected chi connectivity index (χ3v) is 6.20. The lowest BCUT2D eigenvalue weighted by molar-refractivity contribution is 0.0152. The van der Waals surface area contributed by atoms with Crippen molar-refractivity contribution in [2.45, 2.75) is 13.0 Å². The molecule has 2 fully saturated rings. The first-order valence-corrected chi connectivity index (χ1v) is 12.4. The summed E-state index contributed by atoms with van der Waals surface area (Å²) in [5, 5.41) is 4.67. The third-order valence-electron chi connectivity index (χ3n) is 6.20. The molecule has 3 heterocycles. The van der Waals surface area contributed by atoms with Crippen molar-refractivity contribution in [2.24, 2.45) is 0 Å². The molecule has 0 atom stereocenters. The summed E-state index contributed by atoms with van der Waals surface area (Å²) in [6.45, 7) is 7.75. The molecule has 3 amide bonds. The van der Waals surface area contributed by atoms with Crippen LogP contribution in [0.1, 0.15) is 22.5 Å². The van der Waals surface area contributed by atoms with Crippen molar-refractivity contribution in [3.8, 4) is 0 Å². The SMILES string of the molecule is Nc1ccccc1NC(=O)c1ccc(CN(CCCN2CCOCC2)C(=O)NN2CCOCC2)cn1. The summed E-state index contributed by atoms with van der Waals surface area (Å²) < 4.78 is 10.8. The number of pyridine rings is 1. The number of hydrogen-bond donors (Lipinski definition) is 3. The highest BCUT2D eigenvalue weighted by Gasteiger charge is 2.20. The zero-order chi connectivity index (χ0) is 25.2. The standard InChI is InChI=1S/C25H35N7O4/c26-21-4-1-2-5-22(21)28-24(33)23-7-6-20(18-27-23)19-31(9-3-8-30-10-14-35-15-11-30)25(34)29-32-12-16-36-17-13-32/h1-2,4-7,18H,3,8-17,19,26H2,(H,28,33)(H,29,34). The van der Waals surface area contributed by atoms with Crippen LogP contribution in [0.5, 0.6) is 0 Å². The van der Waals surface area contributed by atoms with Crippen molar-refractivity contribution in [3.05, 3.63) is 53.9 Å². The fourth-order valence-electron chi connectivity index (χ4n) is 4.11. The van der Waals surface area contributed by atoms with Crippen LogP contribution in [0.25, 0.3) is 0 Å². The van der Waals surface area contributed by atoms with E-state index in [-0.39, 0.29) is 17.6 Å². The molecule has 11 heteroatoms. The first-order chi connectivity index (χ1) is 17.6. The summed E-state index contributed by atoms with van der Waals surface area (Å²) >= 11 is 0. The minimum Gasteiger partial charge on any atom is -0.397 e. The fourth-order valence-corrected chi connectivity index (χ4v) is 4.11. The Balaban J connectivity index is 1.36. The third kappa shape index (κ3) is 7.62.